The molecule has 1 heterocycles. The van der Waals surface area contributed by atoms with Crippen molar-refractivity contribution < 1.29 is 14.3 Å². The fourth-order valence-electron chi connectivity index (χ4n) is 4.14. The van der Waals surface area contributed by atoms with Crippen molar-refractivity contribution in [2.24, 2.45) is 5.92 Å². The number of esters is 1. The summed E-state index contributed by atoms with van der Waals surface area (Å²) in [4.78, 5) is 25.8. The number of ether oxygens (including phenoxy) is 1. The van der Waals surface area contributed by atoms with Crippen LogP contribution in [-0.4, -0.2) is 25.5 Å². The Hall–Kier alpha value is -2.08. The average molecular weight is 447 g/mol. The maximum absolute atomic E-state index is 13.2. The van der Waals surface area contributed by atoms with Crippen LogP contribution in [0.2, 0.25) is 10.0 Å². The number of halogens is 2. The second kappa shape index (κ2) is 8.58. The van der Waals surface area contributed by atoms with Crippen molar-refractivity contribution in [1.29, 1.82) is 0 Å². The van der Waals surface area contributed by atoms with Crippen LogP contribution in [0.15, 0.2) is 42.5 Å². The van der Waals surface area contributed by atoms with Gasteiger partial charge in [-0.05, 0) is 68.0 Å². The minimum Gasteiger partial charge on any atom is -0.469 e. The van der Waals surface area contributed by atoms with E-state index in [4.69, 9.17) is 27.9 Å². The number of carbonyl (C=O) groups excluding carboxylic acids is 2. The highest BCUT2D eigenvalue weighted by Crippen LogP contribution is 2.43. The zero-order valence-electron chi connectivity index (χ0n) is 16.7. The second-order valence-corrected chi connectivity index (χ2v) is 8.92. The minimum absolute atomic E-state index is 0.116. The van der Waals surface area contributed by atoms with Crippen molar-refractivity contribution in [3.63, 3.8) is 0 Å². The summed E-state index contributed by atoms with van der Waals surface area (Å²) in [7, 11) is 1.38. The van der Waals surface area contributed by atoms with Crippen molar-refractivity contribution in [3.8, 4) is 0 Å². The van der Waals surface area contributed by atoms with Gasteiger partial charge >= 0.3 is 5.97 Å². The summed E-state index contributed by atoms with van der Waals surface area (Å²) in [5, 5.41) is 7.62. The van der Waals surface area contributed by atoms with Crippen LogP contribution < -0.4 is 10.6 Å². The molecule has 2 aliphatic rings. The molecule has 2 N–H and O–H groups in total. The zero-order valence-corrected chi connectivity index (χ0v) is 18.2. The molecule has 1 amide bonds. The Morgan fingerprint density at radius 3 is 2.70 bits per heavy atom. The van der Waals surface area contributed by atoms with Crippen molar-refractivity contribution in [2.45, 2.75) is 37.1 Å². The number of hydrogen-bond acceptors (Lipinski definition) is 4. The molecule has 2 aromatic carbocycles. The van der Waals surface area contributed by atoms with Crippen LogP contribution in [0, 0.1) is 5.92 Å². The Morgan fingerprint density at radius 2 is 2.00 bits per heavy atom. The Labute approximate surface area is 186 Å². The fourth-order valence-corrected chi connectivity index (χ4v) is 4.51. The van der Waals surface area contributed by atoms with E-state index in [2.05, 4.69) is 10.6 Å². The van der Waals surface area contributed by atoms with Crippen LogP contribution >= 0.6 is 23.2 Å². The summed E-state index contributed by atoms with van der Waals surface area (Å²) in [6.07, 6.45) is 3.21. The molecule has 158 valence electrons. The topological polar surface area (TPSA) is 67.4 Å². The highest BCUT2D eigenvalue weighted by Gasteiger charge is 2.47. The summed E-state index contributed by atoms with van der Waals surface area (Å²) < 4.78 is 5.05. The molecule has 7 heteroatoms. The third-order valence-corrected chi connectivity index (χ3v) is 6.48. The molecule has 2 atom stereocenters. The molecular weight excluding hydrogens is 423 g/mol. The maximum Gasteiger partial charge on any atom is 0.313 e. The van der Waals surface area contributed by atoms with Gasteiger partial charge in [-0.15, -0.1) is 0 Å². The molecule has 0 saturated heterocycles. The second-order valence-electron chi connectivity index (χ2n) is 8.04. The van der Waals surface area contributed by atoms with E-state index in [1.54, 1.807) is 24.3 Å². The molecular formula is C23H24Cl2N2O3. The smallest absolute Gasteiger partial charge is 0.313 e. The normalized spacial score (nSPS) is 21.1. The number of nitrogens with one attached hydrogen (secondary N) is 2. The van der Waals surface area contributed by atoms with Crippen LogP contribution in [-0.2, 0) is 19.9 Å². The average Bonchev–Trinajstić information content (AvgIpc) is 3.51. The standard InChI is InChI=1S/C23H24Cl2N2O3/c1-30-21(28)18(15-3-2-4-16(24)11-15)9-10-23(26-13-14-5-6-14)19-8-7-17(25)12-20(19)27-22(23)29/h2-4,7-8,11-12,14,18,26H,5-6,9-10,13H2,1H3,(H,27,29). The number of fused-ring (bicyclic) bond motifs is 1. The number of carbonyl (C=O) groups is 2. The van der Waals surface area contributed by atoms with Crippen molar-refractivity contribution >= 4 is 40.8 Å². The molecule has 1 aliphatic heterocycles. The predicted molar refractivity (Wildman–Crippen MR) is 118 cm³/mol. The van der Waals surface area contributed by atoms with E-state index < -0.39 is 11.5 Å². The van der Waals surface area contributed by atoms with Crippen LogP contribution in [0.3, 0.4) is 0 Å². The van der Waals surface area contributed by atoms with Gasteiger partial charge in [0, 0.05) is 21.3 Å². The van der Waals surface area contributed by atoms with Crippen LogP contribution in [0.1, 0.15) is 42.7 Å². The third-order valence-electron chi connectivity index (χ3n) is 6.01. The number of rotatable bonds is 8. The summed E-state index contributed by atoms with van der Waals surface area (Å²) in [5.74, 6) is -0.382. The zero-order chi connectivity index (χ0) is 21.3. The Bertz CT molecular complexity index is 977. The largest absolute Gasteiger partial charge is 0.469 e. The number of methoxy groups -OCH3 is 1. The van der Waals surface area contributed by atoms with Gasteiger partial charge in [0.05, 0.1) is 13.0 Å². The minimum atomic E-state index is -0.909. The first-order valence-electron chi connectivity index (χ1n) is 10.1. The summed E-state index contributed by atoms with van der Waals surface area (Å²) in [5.41, 5.74) is 1.45. The lowest BCUT2D eigenvalue weighted by Crippen LogP contribution is -2.49. The first-order valence-corrected chi connectivity index (χ1v) is 10.9. The SMILES string of the molecule is COC(=O)C(CCC1(NCC2CC2)C(=O)Nc2cc(Cl)ccc21)c1cccc(Cl)c1. The summed E-state index contributed by atoms with van der Waals surface area (Å²) in [6.45, 7) is 0.759. The van der Waals surface area contributed by atoms with Gasteiger partial charge in [-0.25, -0.2) is 0 Å². The summed E-state index contributed by atoms with van der Waals surface area (Å²) >= 11 is 12.3. The molecule has 0 aromatic heterocycles. The Morgan fingerprint density at radius 1 is 1.23 bits per heavy atom. The Balaban J connectivity index is 1.65. The van der Waals surface area contributed by atoms with E-state index in [0.717, 1.165) is 17.7 Å². The molecule has 2 aromatic rings. The third kappa shape index (κ3) is 4.20. The lowest BCUT2D eigenvalue weighted by Gasteiger charge is -2.30. The molecule has 1 fully saturated rings. The monoisotopic (exact) mass is 446 g/mol. The van der Waals surface area contributed by atoms with Gasteiger partial charge in [0.15, 0.2) is 0 Å². The molecule has 1 saturated carbocycles. The van der Waals surface area contributed by atoms with E-state index in [0.29, 0.717) is 34.5 Å². The van der Waals surface area contributed by atoms with Crippen LogP contribution in [0.25, 0.3) is 0 Å². The number of amides is 1. The lowest BCUT2D eigenvalue weighted by molar-refractivity contribution is -0.143. The van der Waals surface area contributed by atoms with Gasteiger partial charge in [-0.2, -0.15) is 0 Å². The number of benzene rings is 2. The molecule has 5 nitrogen and oxygen atoms in total. The first-order chi connectivity index (χ1) is 14.4. The van der Waals surface area contributed by atoms with Gasteiger partial charge < -0.3 is 10.1 Å². The van der Waals surface area contributed by atoms with Gasteiger partial charge in [0.2, 0.25) is 5.91 Å². The quantitative estimate of drug-likeness (QED) is 0.567. The Kier molecular flexibility index (Phi) is 6.05. The molecule has 0 spiro atoms. The van der Waals surface area contributed by atoms with E-state index in [1.165, 1.54) is 20.0 Å². The molecule has 4 rings (SSSR count). The van der Waals surface area contributed by atoms with Gasteiger partial charge in [0.25, 0.3) is 0 Å². The molecule has 1 aliphatic carbocycles. The molecule has 2 unspecified atom stereocenters. The summed E-state index contributed by atoms with van der Waals surface area (Å²) in [6, 6.07) is 12.7. The maximum atomic E-state index is 13.2. The predicted octanol–water partition coefficient (Wildman–Crippen LogP) is 4.88. The van der Waals surface area contributed by atoms with E-state index in [1.807, 2.05) is 18.2 Å². The first kappa shape index (κ1) is 21.2. The van der Waals surface area contributed by atoms with Crippen LogP contribution in [0.5, 0.6) is 0 Å². The van der Waals surface area contributed by atoms with Gasteiger partial charge in [-0.3, -0.25) is 14.9 Å². The van der Waals surface area contributed by atoms with Gasteiger partial charge in [-0.1, -0.05) is 41.4 Å². The van der Waals surface area contributed by atoms with Gasteiger partial charge in [0.1, 0.15) is 5.54 Å². The fraction of sp³-hybridized carbons (Fsp3) is 0.391. The highest BCUT2D eigenvalue weighted by atomic mass is 35.5. The van der Waals surface area contributed by atoms with E-state index in [9.17, 15) is 9.59 Å². The van der Waals surface area contributed by atoms with Crippen molar-refractivity contribution in [1.82, 2.24) is 5.32 Å². The van der Waals surface area contributed by atoms with E-state index >= 15 is 0 Å². The van der Waals surface area contributed by atoms with Crippen molar-refractivity contribution in [3.05, 3.63) is 63.6 Å². The number of anilines is 1. The molecule has 0 radical (unpaired) electrons. The lowest BCUT2D eigenvalue weighted by atomic mass is 9.82. The van der Waals surface area contributed by atoms with Crippen molar-refractivity contribution in [2.75, 3.05) is 19.0 Å². The molecule has 0 bridgehead atoms. The highest BCUT2D eigenvalue weighted by molar-refractivity contribution is 6.31. The molecule has 30 heavy (non-hydrogen) atoms. The van der Waals surface area contributed by atoms with Crippen LogP contribution in [0.4, 0.5) is 5.69 Å². The number of hydrogen-bond donors (Lipinski definition) is 2. The van der Waals surface area contributed by atoms with E-state index in [-0.39, 0.29) is 11.9 Å².